The molecule has 3 aromatic rings. The first-order valence-electron chi connectivity index (χ1n) is 12.6. The van der Waals surface area contributed by atoms with Gasteiger partial charge >= 0.3 is 0 Å². The number of rotatable bonds is 6. The highest BCUT2D eigenvalue weighted by Crippen LogP contribution is 2.62. The van der Waals surface area contributed by atoms with E-state index in [9.17, 15) is 24.8 Å². The van der Waals surface area contributed by atoms with Gasteiger partial charge in [0.1, 0.15) is 11.4 Å². The molecule has 3 saturated heterocycles. The zero-order valence-electron chi connectivity index (χ0n) is 21.0. The molecule has 3 heterocycles. The van der Waals surface area contributed by atoms with Crippen LogP contribution in [0.5, 0.6) is 5.75 Å². The van der Waals surface area contributed by atoms with Crippen molar-refractivity contribution in [2.45, 2.75) is 44.0 Å². The Morgan fingerprint density at radius 3 is 2.45 bits per heavy atom. The largest absolute Gasteiger partial charge is 0.493 e. The number of Topliss-reactive ketones (excluding diaryl/α,β-unsaturated/α-hetero) is 1. The summed E-state index contributed by atoms with van der Waals surface area (Å²) in [4.78, 5) is 40.6. The van der Waals surface area contributed by atoms with E-state index < -0.39 is 35.0 Å². The Bertz CT molecular complexity index is 1540. The Morgan fingerprint density at radius 1 is 1.08 bits per heavy atom. The van der Waals surface area contributed by atoms with Gasteiger partial charge in [-0.1, -0.05) is 24.3 Å². The van der Waals surface area contributed by atoms with Gasteiger partial charge in [-0.25, -0.2) is 4.90 Å². The number of hydrogen-bond donors (Lipinski definition) is 1. The molecule has 5 atom stereocenters. The molecule has 3 fully saturated rings. The Hall–Kier alpha value is -4.06. The number of anilines is 1. The van der Waals surface area contributed by atoms with Crippen molar-refractivity contribution in [2.75, 3.05) is 11.5 Å². The highest BCUT2D eigenvalue weighted by atomic mass is 16.6. The Balaban J connectivity index is 1.32. The molecule has 0 saturated carbocycles. The van der Waals surface area contributed by atoms with Gasteiger partial charge in [-0.05, 0) is 50.2 Å². The third kappa shape index (κ3) is 3.32. The monoisotopic (exact) mass is 510 g/mol. The van der Waals surface area contributed by atoms with Crippen LogP contribution in [0.15, 0.2) is 60.7 Å². The zero-order chi connectivity index (χ0) is 26.8. The standard InChI is InChI=1S/C30H26N2O6/c1-17(33)18-7-10-20(11-8-18)37-14-13-30-15-24(34)29(2,38-30)25-26(30)28(36)32(27(25)35)23-12-9-19(16-31)21-5-3-4-6-22(21)23/h3-12,24-26,34H,13-15H2,1-2H3/t24-,25-,26+,29?,30?/m1/s1. The van der Waals surface area contributed by atoms with Gasteiger partial charge in [-0.2, -0.15) is 5.26 Å². The maximum atomic E-state index is 14.0. The van der Waals surface area contributed by atoms with Crippen LogP contribution in [0.3, 0.4) is 0 Å². The summed E-state index contributed by atoms with van der Waals surface area (Å²) >= 11 is 0. The molecular formula is C30H26N2O6. The highest BCUT2D eigenvalue weighted by Gasteiger charge is 2.77. The summed E-state index contributed by atoms with van der Waals surface area (Å²) in [6.45, 7) is 3.40. The van der Waals surface area contributed by atoms with E-state index in [4.69, 9.17) is 9.47 Å². The summed E-state index contributed by atoms with van der Waals surface area (Å²) in [7, 11) is 0. The number of hydrogen-bond acceptors (Lipinski definition) is 7. The number of amides is 2. The molecule has 192 valence electrons. The van der Waals surface area contributed by atoms with Crippen LogP contribution < -0.4 is 9.64 Å². The summed E-state index contributed by atoms with van der Waals surface area (Å²) < 4.78 is 12.3. The molecule has 38 heavy (non-hydrogen) atoms. The summed E-state index contributed by atoms with van der Waals surface area (Å²) in [6.07, 6.45) is -0.387. The Morgan fingerprint density at radius 2 is 1.76 bits per heavy atom. The molecule has 3 aliphatic rings. The number of fused-ring (bicyclic) bond motifs is 6. The van der Waals surface area contributed by atoms with Gasteiger partial charge in [0.25, 0.3) is 0 Å². The molecule has 8 heteroatoms. The molecule has 6 rings (SSSR count). The van der Waals surface area contributed by atoms with E-state index in [0.717, 1.165) is 0 Å². The van der Waals surface area contributed by atoms with E-state index in [-0.39, 0.29) is 24.7 Å². The number of benzene rings is 3. The normalized spacial score (nSPS) is 29.5. The Kier molecular flexibility index (Phi) is 5.42. The molecule has 8 nitrogen and oxygen atoms in total. The van der Waals surface area contributed by atoms with Gasteiger partial charge in [0.15, 0.2) is 5.78 Å². The summed E-state index contributed by atoms with van der Waals surface area (Å²) in [5, 5.41) is 21.8. The number of carbonyl (C=O) groups excluding carboxylic acids is 3. The topological polar surface area (TPSA) is 117 Å². The second-order valence-electron chi connectivity index (χ2n) is 10.5. The van der Waals surface area contributed by atoms with Crippen molar-refractivity contribution >= 4 is 34.1 Å². The van der Waals surface area contributed by atoms with Crippen molar-refractivity contribution in [3.63, 3.8) is 0 Å². The van der Waals surface area contributed by atoms with Crippen LogP contribution in [0, 0.1) is 23.2 Å². The minimum Gasteiger partial charge on any atom is -0.493 e. The van der Waals surface area contributed by atoms with Gasteiger partial charge in [0.05, 0.1) is 47.5 Å². The molecule has 0 aromatic heterocycles. The number of nitriles is 1. The number of imide groups is 1. The van der Waals surface area contributed by atoms with E-state index in [1.165, 1.54) is 11.8 Å². The van der Waals surface area contributed by atoms with E-state index in [1.807, 2.05) is 6.07 Å². The second kappa shape index (κ2) is 8.48. The van der Waals surface area contributed by atoms with Crippen LogP contribution in [-0.4, -0.2) is 46.6 Å². The maximum absolute atomic E-state index is 14.0. The lowest BCUT2D eigenvalue weighted by Gasteiger charge is -2.33. The third-order valence-corrected chi connectivity index (χ3v) is 8.43. The van der Waals surface area contributed by atoms with Gasteiger partial charge < -0.3 is 14.6 Å². The van der Waals surface area contributed by atoms with Crippen molar-refractivity contribution < 1.29 is 29.0 Å². The number of ketones is 1. The molecular weight excluding hydrogens is 484 g/mol. The molecule has 2 bridgehead atoms. The first kappa shape index (κ1) is 24.3. The van der Waals surface area contributed by atoms with E-state index in [2.05, 4.69) is 6.07 Å². The summed E-state index contributed by atoms with van der Waals surface area (Å²) in [6, 6.07) is 19.4. The van der Waals surface area contributed by atoms with Crippen LogP contribution in [0.1, 0.15) is 42.6 Å². The first-order chi connectivity index (χ1) is 18.2. The first-order valence-corrected chi connectivity index (χ1v) is 12.6. The number of aliphatic hydroxyl groups excluding tert-OH is 1. The average molecular weight is 511 g/mol. The molecule has 0 spiro atoms. The van der Waals surface area contributed by atoms with E-state index in [0.29, 0.717) is 39.8 Å². The SMILES string of the molecule is CC(=O)c1ccc(OCCC23C[C@@H](O)C(C)(O2)[C@H]2C(=O)N(c4ccc(C#N)c5ccccc45)C(=O)[C@H]23)cc1. The maximum Gasteiger partial charge on any atom is 0.240 e. The number of nitrogens with zero attached hydrogens (tertiary/aromatic N) is 2. The fraction of sp³-hybridized carbons (Fsp3) is 0.333. The van der Waals surface area contributed by atoms with Gasteiger partial charge in [-0.3, -0.25) is 14.4 Å². The van der Waals surface area contributed by atoms with E-state index >= 15 is 0 Å². The predicted octanol–water partition coefficient (Wildman–Crippen LogP) is 3.78. The van der Waals surface area contributed by atoms with Gasteiger partial charge in [0.2, 0.25) is 11.8 Å². The van der Waals surface area contributed by atoms with Crippen molar-refractivity contribution in [2.24, 2.45) is 11.8 Å². The number of aliphatic hydroxyl groups is 1. The lowest BCUT2D eigenvalue weighted by Crippen LogP contribution is -2.49. The van der Waals surface area contributed by atoms with Crippen molar-refractivity contribution in [3.8, 4) is 11.8 Å². The fourth-order valence-corrected chi connectivity index (χ4v) is 6.56. The van der Waals surface area contributed by atoms with Crippen molar-refractivity contribution in [3.05, 3.63) is 71.8 Å². The average Bonchev–Trinajstić information content (AvgIpc) is 3.44. The lowest BCUT2D eigenvalue weighted by atomic mass is 9.66. The predicted molar refractivity (Wildman–Crippen MR) is 138 cm³/mol. The molecule has 0 radical (unpaired) electrons. The molecule has 0 aliphatic carbocycles. The minimum atomic E-state index is -1.20. The zero-order valence-corrected chi connectivity index (χ0v) is 21.0. The van der Waals surface area contributed by atoms with Crippen LogP contribution in [0.4, 0.5) is 5.69 Å². The van der Waals surface area contributed by atoms with Crippen LogP contribution >= 0.6 is 0 Å². The number of carbonyl (C=O) groups is 3. The molecule has 1 N–H and O–H groups in total. The third-order valence-electron chi connectivity index (χ3n) is 8.43. The van der Waals surface area contributed by atoms with Crippen molar-refractivity contribution in [1.82, 2.24) is 0 Å². The molecule has 2 amide bonds. The molecule has 3 aliphatic heterocycles. The molecule has 3 aromatic carbocycles. The molecule has 2 unspecified atom stereocenters. The lowest BCUT2D eigenvalue weighted by molar-refractivity contribution is -0.134. The van der Waals surface area contributed by atoms with E-state index in [1.54, 1.807) is 61.5 Å². The minimum absolute atomic E-state index is 0.0379. The quantitative estimate of drug-likeness (QED) is 0.396. The van der Waals surface area contributed by atoms with Crippen LogP contribution in [0.2, 0.25) is 0 Å². The highest BCUT2D eigenvalue weighted by molar-refractivity contribution is 6.26. The summed E-state index contributed by atoms with van der Waals surface area (Å²) in [5.74, 6) is -1.83. The number of ether oxygens (including phenoxy) is 2. The van der Waals surface area contributed by atoms with Crippen LogP contribution in [-0.2, 0) is 14.3 Å². The summed E-state index contributed by atoms with van der Waals surface area (Å²) in [5.41, 5.74) is -0.782. The smallest absolute Gasteiger partial charge is 0.240 e. The second-order valence-corrected chi connectivity index (χ2v) is 10.5. The Labute approximate surface area is 219 Å². The van der Waals surface area contributed by atoms with Crippen molar-refractivity contribution in [1.29, 1.82) is 5.26 Å². The van der Waals surface area contributed by atoms with Crippen LogP contribution in [0.25, 0.3) is 10.8 Å². The fourth-order valence-electron chi connectivity index (χ4n) is 6.56. The van der Waals surface area contributed by atoms with Gasteiger partial charge in [-0.15, -0.1) is 0 Å². The van der Waals surface area contributed by atoms with Gasteiger partial charge in [0, 0.05) is 29.2 Å².